The molecule has 2 aliphatic rings. The number of anilines is 1. The Labute approximate surface area is 154 Å². The molecule has 1 unspecified atom stereocenters. The van der Waals surface area contributed by atoms with Crippen LogP contribution in [0.2, 0.25) is 0 Å². The highest BCUT2D eigenvalue weighted by atomic mass is 16.1. The Morgan fingerprint density at radius 2 is 2.00 bits per heavy atom. The van der Waals surface area contributed by atoms with Crippen molar-refractivity contribution in [2.45, 2.75) is 38.0 Å². The first-order valence-corrected chi connectivity index (χ1v) is 9.68. The maximum absolute atomic E-state index is 12.6. The first-order valence-electron chi connectivity index (χ1n) is 9.68. The lowest BCUT2D eigenvalue weighted by molar-refractivity contribution is -0.125. The third-order valence-corrected chi connectivity index (χ3v) is 5.76. The Kier molecular flexibility index (Phi) is 5.14. The fourth-order valence-corrected chi connectivity index (χ4v) is 4.26. The molecule has 1 atom stereocenters. The molecule has 1 fully saturated rings. The van der Waals surface area contributed by atoms with E-state index in [-0.39, 0.29) is 11.8 Å². The molecule has 1 N–H and O–H groups in total. The number of carbonyl (C=O) groups excluding carboxylic acids is 1. The van der Waals surface area contributed by atoms with Gasteiger partial charge in [-0.25, -0.2) is 4.98 Å². The quantitative estimate of drug-likeness (QED) is 0.921. The molecular weight excluding hydrogens is 324 g/mol. The first-order chi connectivity index (χ1) is 12.8. The van der Waals surface area contributed by atoms with Gasteiger partial charge in [0.05, 0.1) is 6.20 Å². The lowest BCUT2D eigenvalue weighted by Gasteiger charge is -2.32. The summed E-state index contributed by atoms with van der Waals surface area (Å²) >= 11 is 0. The van der Waals surface area contributed by atoms with E-state index < -0.39 is 0 Å². The lowest BCUT2D eigenvalue weighted by Crippen LogP contribution is -2.42. The molecule has 1 saturated heterocycles. The van der Waals surface area contributed by atoms with Crippen molar-refractivity contribution < 1.29 is 4.79 Å². The van der Waals surface area contributed by atoms with Gasteiger partial charge in [0.2, 0.25) is 5.91 Å². The van der Waals surface area contributed by atoms with E-state index in [0.29, 0.717) is 5.92 Å². The van der Waals surface area contributed by atoms with E-state index in [1.54, 1.807) is 18.6 Å². The van der Waals surface area contributed by atoms with Gasteiger partial charge in [-0.1, -0.05) is 24.3 Å². The fraction of sp³-hybridized carbons (Fsp3) is 0.476. The summed E-state index contributed by atoms with van der Waals surface area (Å²) in [6.45, 7) is 2.49. The minimum atomic E-state index is 0.113. The molecule has 1 aromatic carbocycles. The summed E-state index contributed by atoms with van der Waals surface area (Å²) in [5.74, 6) is 1.70. The van der Waals surface area contributed by atoms with E-state index in [1.807, 2.05) is 0 Å². The van der Waals surface area contributed by atoms with Crippen LogP contribution in [0.25, 0.3) is 0 Å². The average molecular weight is 350 g/mol. The molecule has 1 aliphatic heterocycles. The molecule has 0 radical (unpaired) electrons. The summed E-state index contributed by atoms with van der Waals surface area (Å²) in [5.41, 5.74) is 2.88. The van der Waals surface area contributed by atoms with E-state index in [4.69, 9.17) is 0 Å². The average Bonchev–Trinajstić information content (AvgIpc) is 2.73. The molecule has 26 heavy (non-hydrogen) atoms. The van der Waals surface area contributed by atoms with Crippen LogP contribution in [-0.4, -0.2) is 35.5 Å². The van der Waals surface area contributed by atoms with Crippen molar-refractivity contribution >= 4 is 11.7 Å². The second-order valence-electron chi connectivity index (χ2n) is 7.36. The van der Waals surface area contributed by atoms with Crippen LogP contribution in [0, 0.1) is 5.92 Å². The molecule has 1 aromatic heterocycles. The highest BCUT2D eigenvalue weighted by molar-refractivity contribution is 5.79. The minimum Gasteiger partial charge on any atom is -0.355 e. The molecule has 0 spiro atoms. The zero-order chi connectivity index (χ0) is 17.8. The van der Waals surface area contributed by atoms with Crippen molar-refractivity contribution in [2.24, 2.45) is 5.92 Å². The number of hydrogen-bond acceptors (Lipinski definition) is 4. The van der Waals surface area contributed by atoms with Crippen molar-refractivity contribution in [1.82, 2.24) is 15.3 Å². The van der Waals surface area contributed by atoms with Gasteiger partial charge in [-0.2, -0.15) is 0 Å². The predicted molar refractivity (Wildman–Crippen MR) is 102 cm³/mol. The highest BCUT2D eigenvalue weighted by Gasteiger charge is 2.27. The van der Waals surface area contributed by atoms with Crippen molar-refractivity contribution in [3.63, 3.8) is 0 Å². The predicted octanol–water partition coefficient (Wildman–Crippen LogP) is 2.93. The van der Waals surface area contributed by atoms with E-state index in [9.17, 15) is 4.79 Å². The number of carbonyl (C=O) groups is 1. The van der Waals surface area contributed by atoms with Crippen molar-refractivity contribution in [1.29, 1.82) is 0 Å². The van der Waals surface area contributed by atoms with Gasteiger partial charge in [-0.15, -0.1) is 0 Å². The third-order valence-electron chi connectivity index (χ3n) is 5.76. The summed E-state index contributed by atoms with van der Waals surface area (Å²) in [7, 11) is 0. The molecule has 1 amide bonds. The lowest BCUT2D eigenvalue weighted by atomic mass is 9.82. The van der Waals surface area contributed by atoms with Gasteiger partial charge in [0.25, 0.3) is 0 Å². The smallest absolute Gasteiger partial charge is 0.223 e. The van der Waals surface area contributed by atoms with E-state index in [1.165, 1.54) is 30.4 Å². The van der Waals surface area contributed by atoms with Gasteiger partial charge in [0.1, 0.15) is 5.82 Å². The van der Waals surface area contributed by atoms with Gasteiger partial charge in [0, 0.05) is 43.9 Å². The van der Waals surface area contributed by atoms with E-state index in [0.717, 1.165) is 38.3 Å². The van der Waals surface area contributed by atoms with Gasteiger partial charge in [0.15, 0.2) is 0 Å². The summed E-state index contributed by atoms with van der Waals surface area (Å²) in [6.07, 6.45) is 10.5. The molecule has 5 heteroatoms. The number of nitrogens with zero attached hydrogens (tertiary/aromatic N) is 3. The number of amides is 1. The molecule has 5 nitrogen and oxygen atoms in total. The molecule has 0 saturated carbocycles. The van der Waals surface area contributed by atoms with Crippen LogP contribution < -0.4 is 10.2 Å². The van der Waals surface area contributed by atoms with Crippen LogP contribution >= 0.6 is 0 Å². The largest absolute Gasteiger partial charge is 0.355 e. The number of aromatic nitrogens is 2. The molecule has 0 bridgehead atoms. The first kappa shape index (κ1) is 17.0. The second kappa shape index (κ2) is 7.85. The molecule has 136 valence electrons. The number of fused-ring (bicyclic) bond motifs is 1. The van der Waals surface area contributed by atoms with Crippen LogP contribution in [0.1, 0.15) is 42.7 Å². The normalized spacial score (nSPS) is 20.5. The summed E-state index contributed by atoms with van der Waals surface area (Å²) in [6, 6.07) is 8.68. The number of nitrogens with one attached hydrogen (secondary N) is 1. The van der Waals surface area contributed by atoms with Gasteiger partial charge in [-0.3, -0.25) is 9.78 Å². The van der Waals surface area contributed by atoms with Crippen LogP contribution in [0.5, 0.6) is 0 Å². The maximum Gasteiger partial charge on any atom is 0.223 e. The Morgan fingerprint density at radius 3 is 2.81 bits per heavy atom. The van der Waals surface area contributed by atoms with Crippen molar-refractivity contribution in [3.05, 3.63) is 54.0 Å². The summed E-state index contributed by atoms with van der Waals surface area (Å²) in [4.78, 5) is 23.3. The second-order valence-corrected chi connectivity index (χ2v) is 7.36. The zero-order valence-electron chi connectivity index (χ0n) is 15.1. The van der Waals surface area contributed by atoms with Crippen molar-refractivity contribution in [3.8, 4) is 0 Å². The van der Waals surface area contributed by atoms with Crippen LogP contribution in [0.15, 0.2) is 42.9 Å². The van der Waals surface area contributed by atoms with Gasteiger partial charge >= 0.3 is 0 Å². The number of benzene rings is 1. The Bertz CT molecular complexity index is 741. The van der Waals surface area contributed by atoms with Crippen LogP contribution in [0.4, 0.5) is 5.82 Å². The molecule has 1 aliphatic carbocycles. The number of aryl methyl sites for hydroxylation is 1. The Balaban J connectivity index is 1.29. The molecule has 4 rings (SSSR count). The molecular formula is C21H26N4O. The van der Waals surface area contributed by atoms with E-state index >= 15 is 0 Å². The monoisotopic (exact) mass is 350 g/mol. The number of piperidine rings is 1. The maximum atomic E-state index is 12.6. The topological polar surface area (TPSA) is 58.1 Å². The highest BCUT2D eigenvalue weighted by Crippen LogP contribution is 2.31. The van der Waals surface area contributed by atoms with Crippen molar-refractivity contribution in [2.75, 3.05) is 24.5 Å². The minimum absolute atomic E-state index is 0.113. The Morgan fingerprint density at radius 1 is 1.15 bits per heavy atom. The fourth-order valence-electron chi connectivity index (χ4n) is 4.26. The summed E-state index contributed by atoms with van der Waals surface area (Å²) < 4.78 is 0. The number of hydrogen-bond donors (Lipinski definition) is 1. The summed E-state index contributed by atoms with van der Waals surface area (Å²) in [5, 5.41) is 3.23. The molecule has 2 heterocycles. The van der Waals surface area contributed by atoms with Crippen LogP contribution in [0.3, 0.4) is 0 Å². The third kappa shape index (κ3) is 3.71. The van der Waals surface area contributed by atoms with Gasteiger partial charge < -0.3 is 10.2 Å². The van der Waals surface area contributed by atoms with E-state index in [2.05, 4.69) is 44.5 Å². The zero-order valence-corrected chi connectivity index (χ0v) is 15.1. The SMILES string of the molecule is O=C(NCC1CCCc2ccccc21)C1CCN(c2cnccn2)CC1. The van der Waals surface area contributed by atoms with Gasteiger partial charge in [-0.05, 0) is 43.2 Å². The Hall–Kier alpha value is -2.43. The molecule has 2 aromatic rings. The number of rotatable bonds is 4. The standard InChI is InChI=1S/C21H26N4O/c26-21(17-8-12-25(13-9-17)20-15-22-10-11-23-20)24-14-18-6-3-5-16-4-1-2-7-19(16)18/h1-2,4,7,10-11,15,17-18H,3,5-6,8-9,12-14H2,(H,24,26). The van der Waals surface area contributed by atoms with Crippen LogP contribution in [-0.2, 0) is 11.2 Å².